The lowest BCUT2D eigenvalue weighted by molar-refractivity contribution is -0.131. The lowest BCUT2D eigenvalue weighted by Crippen LogP contribution is -2.39. The minimum absolute atomic E-state index is 0.0846. The van der Waals surface area contributed by atoms with Crippen LogP contribution in [0, 0.1) is 0 Å². The number of rotatable bonds is 4. The second-order valence-electron chi connectivity index (χ2n) is 5.11. The molecule has 1 aromatic carbocycles. The Labute approximate surface area is 114 Å². The van der Waals surface area contributed by atoms with Gasteiger partial charge in [0.05, 0.1) is 13.2 Å². The van der Waals surface area contributed by atoms with E-state index in [0.717, 1.165) is 17.7 Å². The van der Waals surface area contributed by atoms with Crippen LogP contribution in [0.5, 0.6) is 5.75 Å². The van der Waals surface area contributed by atoms with E-state index in [-0.39, 0.29) is 24.0 Å². The molecule has 0 spiro atoms. The minimum atomic E-state index is -0.169. The Morgan fingerprint density at radius 2 is 2.16 bits per heavy atom. The van der Waals surface area contributed by atoms with E-state index in [4.69, 9.17) is 10.5 Å². The van der Waals surface area contributed by atoms with Gasteiger partial charge in [-0.2, -0.15) is 0 Å². The van der Waals surface area contributed by atoms with Crippen LogP contribution in [0.25, 0.3) is 0 Å². The molecule has 1 amide bonds. The third-order valence-corrected chi connectivity index (χ3v) is 3.93. The Balaban J connectivity index is 2.42. The first-order chi connectivity index (χ1) is 9.10. The van der Waals surface area contributed by atoms with Crippen LogP contribution in [0.4, 0.5) is 0 Å². The second-order valence-corrected chi connectivity index (χ2v) is 5.11. The lowest BCUT2D eigenvalue weighted by atomic mass is 9.98. The average molecular weight is 262 g/mol. The molecule has 0 saturated carbocycles. The fourth-order valence-corrected chi connectivity index (χ4v) is 2.79. The molecule has 1 aliphatic heterocycles. The molecule has 1 heterocycles. The summed E-state index contributed by atoms with van der Waals surface area (Å²) in [4.78, 5) is 14.1. The summed E-state index contributed by atoms with van der Waals surface area (Å²) < 4.78 is 5.41. The molecule has 0 bridgehead atoms. The van der Waals surface area contributed by atoms with Crippen LogP contribution in [0.15, 0.2) is 24.3 Å². The van der Waals surface area contributed by atoms with Crippen molar-refractivity contribution in [1.29, 1.82) is 0 Å². The van der Waals surface area contributed by atoms with Crippen molar-refractivity contribution in [1.82, 2.24) is 4.90 Å². The first kappa shape index (κ1) is 13.9. The van der Waals surface area contributed by atoms with Crippen molar-refractivity contribution in [2.45, 2.75) is 44.8 Å². The molecule has 2 N–H and O–H groups in total. The highest BCUT2D eigenvalue weighted by molar-refractivity contribution is 5.81. The Hall–Kier alpha value is -1.55. The number of amides is 1. The van der Waals surface area contributed by atoms with Gasteiger partial charge in [-0.3, -0.25) is 4.79 Å². The minimum Gasteiger partial charge on any atom is -0.496 e. The Bertz CT molecular complexity index is 461. The van der Waals surface area contributed by atoms with E-state index in [9.17, 15) is 4.79 Å². The maximum absolute atomic E-state index is 12.2. The number of nitrogens with zero attached hydrogens (tertiary/aromatic N) is 1. The zero-order valence-corrected chi connectivity index (χ0v) is 11.8. The van der Waals surface area contributed by atoms with Crippen LogP contribution in [0.1, 0.15) is 38.3 Å². The summed E-state index contributed by atoms with van der Waals surface area (Å²) >= 11 is 0. The number of methoxy groups -OCH3 is 1. The quantitative estimate of drug-likeness (QED) is 0.904. The highest BCUT2D eigenvalue weighted by Crippen LogP contribution is 2.38. The summed E-state index contributed by atoms with van der Waals surface area (Å²) in [6.07, 6.45) is 1.33. The molecular formula is C15H22N2O2. The summed E-state index contributed by atoms with van der Waals surface area (Å²) in [5.41, 5.74) is 7.19. The van der Waals surface area contributed by atoms with Crippen LogP contribution in [-0.4, -0.2) is 30.0 Å². The fourth-order valence-electron chi connectivity index (χ4n) is 2.79. The molecule has 19 heavy (non-hydrogen) atoms. The van der Waals surface area contributed by atoms with Gasteiger partial charge in [-0.15, -0.1) is 0 Å². The molecule has 104 valence electrons. The van der Waals surface area contributed by atoms with Crippen molar-refractivity contribution < 1.29 is 9.53 Å². The predicted molar refractivity (Wildman–Crippen MR) is 74.9 cm³/mol. The molecule has 0 aromatic heterocycles. The molecule has 3 unspecified atom stereocenters. The number of likely N-dealkylation sites (tertiary alicyclic amines) is 1. The third-order valence-electron chi connectivity index (χ3n) is 3.93. The van der Waals surface area contributed by atoms with Gasteiger partial charge in [0.2, 0.25) is 5.91 Å². The molecule has 0 radical (unpaired) electrons. The van der Waals surface area contributed by atoms with Crippen molar-refractivity contribution in [2.24, 2.45) is 5.73 Å². The predicted octanol–water partition coefficient (Wildman–Crippen LogP) is 2.09. The highest BCUT2D eigenvalue weighted by Gasteiger charge is 2.41. The van der Waals surface area contributed by atoms with Crippen molar-refractivity contribution in [3.63, 3.8) is 0 Å². The number of ether oxygens (including phenoxy) is 1. The summed E-state index contributed by atoms with van der Waals surface area (Å²) in [5.74, 6) is 0.934. The van der Waals surface area contributed by atoms with E-state index in [1.54, 1.807) is 7.11 Å². The van der Waals surface area contributed by atoms with Crippen LogP contribution in [-0.2, 0) is 4.79 Å². The van der Waals surface area contributed by atoms with Gasteiger partial charge in [0.25, 0.3) is 0 Å². The van der Waals surface area contributed by atoms with Gasteiger partial charge in [-0.05, 0) is 19.4 Å². The third kappa shape index (κ3) is 2.45. The van der Waals surface area contributed by atoms with E-state index < -0.39 is 0 Å². The van der Waals surface area contributed by atoms with Crippen molar-refractivity contribution in [3.05, 3.63) is 29.8 Å². The van der Waals surface area contributed by atoms with Gasteiger partial charge in [-0.1, -0.05) is 25.1 Å². The van der Waals surface area contributed by atoms with E-state index in [1.165, 1.54) is 0 Å². The molecule has 4 heteroatoms. The zero-order chi connectivity index (χ0) is 14.0. The Morgan fingerprint density at radius 1 is 1.47 bits per heavy atom. The molecule has 2 rings (SSSR count). The van der Waals surface area contributed by atoms with Gasteiger partial charge in [0.1, 0.15) is 5.75 Å². The SMILES string of the molecule is CCC(C)N1C(=O)CC(N)C1c1ccccc1OC. The molecule has 1 aliphatic rings. The summed E-state index contributed by atoms with van der Waals surface area (Å²) in [5, 5.41) is 0. The van der Waals surface area contributed by atoms with Crippen LogP contribution in [0.2, 0.25) is 0 Å². The number of para-hydroxylation sites is 1. The summed E-state index contributed by atoms with van der Waals surface area (Å²) in [6, 6.07) is 7.74. The maximum Gasteiger partial charge on any atom is 0.225 e. The lowest BCUT2D eigenvalue weighted by Gasteiger charge is -2.32. The molecule has 3 atom stereocenters. The van der Waals surface area contributed by atoms with Crippen molar-refractivity contribution in [2.75, 3.05) is 7.11 Å². The molecule has 1 saturated heterocycles. The molecule has 1 aromatic rings. The van der Waals surface area contributed by atoms with E-state index in [2.05, 4.69) is 13.8 Å². The monoisotopic (exact) mass is 262 g/mol. The summed E-state index contributed by atoms with van der Waals surface area (Å²) in [6.45, 7) is 4.15. The molecule has 1 fully saturated rings. The highest BCUT2D eigenvalue weighted by atomic mass is 16.5. The van der Waals surface area contributed by atoms with Crippen LogP contribution < -0.4 is 10.5 Å². The van der Waals surface area contributed by atoms with Gasteiger partial charge < -0.3 is 15.4 Å². The molecule has 4 nitrogen and oxygen atoms in total. The number of hydrogen-bond acceptors (Lipinski definition) is 3. The van der Waals surface area contributed by atoms with Crippen molar-refractivity contribution in [3.8, 4) is 5.75 Å². The normalized spacial score (nSPS) is 24.6. The van der Waals surface area contributed by atoms with E-state index in [0.29, 0.717) is 6.42 Å². The molecular weight excluding hydrogens is 240 g/mol. The number of carbonyl (C=O) groups excluding carboxylic acids is 1. The smallest absolute Gasteiger partial charge is 0.225 e. The Morgan fingerprint density at radius 3 is 2.79 bits per heavy atom. The maximum atomic E-state index is 12.2. The first-order valence-electron chi connectivity index (χ1n) is 6.79. The number of nitrogens with two attached hydrogens (primary N) is 1. The van der Waals surface area contributed by atoms with E-state index >= 15 is 0 Å². The van der Waals surface area contributed by atoms with E-state index in [1.807, 2.05) is 29.2 Å². The Kier molecular flexibility index (Phi) is 4.10. The average Bonchev–Trinajstić information content (AvgIpc) is 2.72. The number of hydrogen-bond donors (Lipinski definition) is 1. The number of benzene rings is 1. The summed E-state index contributed by atoms with van der Waals surface area (Å²) in [7, 11) is 1.65. The van der Waals surface area contributed by atoms with Gasteiger partial charge in [0.15, 0.2) is 0 Å². The fraction of sp³-hybridized carbons (Fsp3) is 0.533. The van der Waals surface area contributed by atoms with Gasteiger partial charge >= 0.3 is 0 Å². The second kappa shape index (κ2) is 5.61. The first-order valence-corrected chi connectivity index (χ1v) is 6.79. The standard InChI is InChI=1S/C15H22N2O2/c1-4-10(2)17-14(18)9-12(16)15(17)11-7-5-6-8-13(11)19-3/h5-8,10,12,15H,4,9,16H2,1-3H3. The van der Waals surface area contributed by atoms with Gasteiger partial charge in [0, 0.05) is 24.1 Å². The van der Waals surface area contributed by atoms with Crippen LogP contribution >= 0.6 is 0 Å². The zero-order valence-electron chi connectivity index (χ0n) is 11.8. The van der Waals surface area contributed by atoms with Crippen molar-refractivity contribution >= 4 is 5.91 Å². The van der Waals surface area contributed by atoms with Gasteiger partial charge in [-0.25, -0.2) is 0 Å². The number of carbonyl (C=O) groups is 1. The largest absolute Gasteiger partial charge is 0.496 e. The topological polar surface area (TPSA) is 55.6 Å². The molecule has 0 aliphatic carbocycles. The van der Waals surface area contributed by atoms with Crippen LogP contribution in [0.3, 0.4) is 0 Å².